The second-order valence-corrected chi connectivity index (χ2v) is 6.09. The Morgan fingerprint density at radius 3 is 2.43 bits per heavy atom. The molecule has 1 aromatic carbocycles. The fourth-order valence-electron chi connectivity index (χ4n) is 3.56. The highest BCUT2D eigenvalue weighted by Gasteiger charge is 2.54. The number of hydrogen-bond donors (Lipinski definition) is 3. The summed E-state index contributed by atoms with van der Waals surface area (Å²) in [7, 11) is 0. The highest BCUT2D eigenvalue weighted by Crippen LogP contribution is 2.55. The number of benzene rings is 1. The largest absolute Gasteiger partial charge is 0.409 e. The first-order valence-electron chi connectivity index (χ1n) is 7.55. The predicted octanol–water partition coefficient (Wildman–Crippen LogP) is 2.35. The molecule has 4 N–H and O–H groups in total. The van der Waals surface area contributed by atoms with Gasteiger partial charge in [-0.25, -0.2) is 0 Å². The molecule has 0 heterocycles. The molecule has 1 amide bonds. The molecule has 2 unspecified atom stereocenters. The van der Waals surface area contributed by atoms with Crippen molar-refractivity contribution in [3.05, 3.63) is 29.8 Å². The van der Waals surface area contributed by atoms with Crippen LogP contribution in [0.1, 0.15) is 31.2 Å². The first kappa shape index (κ1) is 13.9. The van der Waals surface area contributed by atoms with E-state index in [1.54, 1.807) is 0 Å². The normalized spacial score (nSPS) is 27.8. The lowest BCUT2D eigenvalue weighted by Crippen LogP contribution is -2.16. The number of oxime groups is 1. The van der Waals surface area contributed by atoms with Gasteiger partial charge in [-0.2, -0.15) is 0 Å². The van der Waals surface area contributed by atoms with Crippen LogP contribution < -0.4 is 11.1 Å². The lowest BCUT2D eigenvalue weighted by Gasteiger charge is -2.06. The van der Waals surface area contributed by atoms with Crippen molar-refractivity contribution in [1.82, 2.24) is 0 Å². The molecule has 112 valence electrons. The summed E-state index contributed by atoms with van der Waals surface area (Å²) in [5.41, 5.74) is 7.23. The van der Waals surface area contributed by atoms with Gasteiger partial charge in [0.15, 0.2) is 0 Å². The Bertz CT molecular complexity index is 541. The molecule has 0 aliphatic heterocycles. The number of carbonyl (C=O) groups is 1. The van der Waals surface area contributed by atoms with Crippen LogP contribution in [0.5, 0.6) is 0 Å². The molecule has 2 atom stereocenters. The molecule has 0 radical (unpaired) electrons. The molecule has 0 saturated heterocycles. The summed E-state index contributed by atoms with van der Waals surface area (Å²) in [6.07, 6.45) is 5.36. The van der Waals surface area contributed by atoms with E-state index in [9.17, 15) is 4.79 Å². The minimum absolute atomic E-state index is 0.163. The highest BCUT2D eigenvalue weighted by molar-refractivity contribution is 5.95. The number of nitrogens with two attached hydrogens (primary N) is 1. The van der Waals surface area contributed by atoms with Crippen molar-refractivity contribution >= 4 is 17.4 Å². The van der Waals surface area contributed by atoms with Gasteiger partial charge in [0.05, 0.1) is 0 Å². The van der Waals surface area contributed by atoms with Gasteiger partial charge in [-0.1, -0.05) is 30.1 Å². The van der Waals surface area contributed by atoms with Crippen molar-refractivity contribution in [2.75, 3.05) is 5.32 Å². The molecule has 0 spiro atoms. The van der Waals surface area contributed by atoms with Crippen molar-refractivity contribution in [2.45, 2.75) is 32.1 Å². The van der Waals surface area contributed by atoms with Gasteiger partial charge in [0.25, 0.3) is 0 Å². The van der Waals surface area contributed by atoms with Crippen LogP contribution in [0.3, 0.4) is 0 Å². The molecular formula is C16H21N3O2. The summed E-state index contributed by atoms with van der Waals surface area (Å²) in [5, 5.41) is 14.5. The molecule has 0 aromatic heterocycles. The molecule has 2 saturated carbocycles. The minimum Gasteiger partial charge on any atom is -0.409 e. The topological polar surface area (TPSA) is 87.7 Å². The third kappa shape index (κ3) is 3.01. The summed E-state index contributed by atoms with van der Waals surface area (Å²) in [6.45, 7) is 0. The minimum atomic E-state index is 0.163. The smallest absolute Gasteiger partial charge is 0.228 e. The van der Waals surface area contributed by atoms with E-state index in [-0.39, 0.29) is 17.7 Å². The van der Waals surface area contributed by atoms with E-state index in [2.05, 4.69) is 10.5 Å². The third-order valence-corrected chi connectivity index (χ3v) is 4.69. The van der Waals surface area contributed by atoms with Crippen LogP contribution in [0, 0.1) is 17.8 Å². The predicted molar refractivity (Wildman–Crippen MR) is 81.1 cm³/mol. The number of rotatable bonds is 4. The van der Waals surface area contributed by atoms with E-state index < -0.39 is 0 Å². The van der Waals surface area contributed by atoms with E-state index in [1.165, 1.54) is 25.7 Å². The van der Waals surface area contributed by atoms with Crippen LogP contribution >= 0.6 is 0 Å². The maximum absolute atomic E-state index is 12.3. The van der Waals surface area contributed by atoms with Gasteiger partial charge in [-0.15, -0.1) is 0 Å². The number of hydrogen-bond acceptors (Lipinski definition) is 3. The maximum Gasteiger partial charge on any atom is 0.228 e. The van der Waals surface area contributed by atoms with Gasteiger partial charge in [0.2, 0.25) is 5.91 Å². The zero-order valence-corrected chi connectivity index (χ0v) is 12.0. The van der Waals surface area contributed by atoms with Gasteiger partial charge in [-0.05, 0) is 42.4 Å². The molecule has 0 bridgehead atoms. The number of carbonyl (C=O) groups excluding carboxylic acids is 1. The van der Waals surface area contributed by atoms with Gasteiger partial charge in [0, 0.05) is 18.0 Å². The molecule has 21 heavy (non-hydrogen) atoms. The molecule has 1 aromatic rings. The Labute approximate surface area is 124 Å². The number of nitrogens with one attached hydrogen (secondary N) is 1. The highest BCUT2D eigenvalue weighted by atomic mass is 16.4. The monoisotopic (exact) mass is 287 g/mol. The van der Waals surface area contributed by atoms with Crippen LogP contribution in [0.2, 0.25) is 0 Å². The van der Waals surface area contributed by atoms with Crippen molar-refractivity contribution < 1.29 is 10.0 Å². The van der Waals surface area contributed by atoms with E-state index in [4.69, 9.17) is 10.9 Å². The second kappa shape index (κ2) is 5.76. The summed E-state index contributed by atoms with van der Waals surface area (Å²) in [4.78, 5) is 12.3. The van der Waals surface area contributed by atoms with Crippen LogP contribution in [0.15, 0.2) is 29.4 Å². The number of amides is 1. The number of anilines is 1. The Kier molecular flexibility index (Phi) is 3.82. The lowest BCUT2D eigenvalue weighted by atomic mass is 10.0. The Morgan fingerprint density at radius 1 is 1.24 bits per heavy atom. The zero-order valence-electron chi connectivity index (χ0n) is 12.0. The SMILES string of the molecule is N/C(Cc1ccc(NC(=O)C2C3CCCCC32)cc1)=N/O. The first-order chi connectivity index (χ1) is 10.2. The molecule has 2 fully saturated rings. The molecule has 3 rings (SSSR count). The van der Waals surface area contributed by atoms with Crippen molar-refractivity contribution in [1.29, 1.82) is 0 Å². The van der Waals surface area contributed by atoms with Gasteiger partial charge in [0.1, 0.15) is 5.84 Å². The summed E-state index contributed by atoms with van der Waals surface area (Å²) in [6, 6.07) is 7.50. The first-order valence-corrected chi connectivity index (χ1v) is 7.55. The fourth-order valence-corrected chi connectivity index (χ4v) is 3.56. The molecule has 2 aliphatic carbocycles. The summed E-state index contributed by atoms with van der Waals surface area (Å²) in [5.74, 6) is 1.81. The van der Waals surface area contributed by atoms with Gasteiger partial charge < -0.3 is 16.3 Å². The van der Waals surface area contributed by atoms with Gasteiger partial charge >= 0.3 is 0 Å². The average molecular weight is 287 g/mol. The summed E-state index contributed by atoms with van der Waals surface area (Å²) < 4.78 is 0. The quantitative estimate of drug-likeness (QED) is 0.344. The van der Waals surface area contributed by atoms with Crippen LogP contribution in [0.4, 0.5) is 5.69 Å². The van der Waals surface area contributed by atoms with Crippen molar-refractivity contribution in [2.24, 2.45) is 28.6 Å². The second-order valence-electron chi connectivity index (χ2n) is 6.09. The average Bonchev–Trinajstić information content (AvgIpc) is 3.23. The third-order valence-electron chi connectivity index (χ3n) is 4.69. The fraction of sp³-hybridized carbons (Fsp3) is 0.500. The van der Waals surface area contributed by atoms with Crippen LogP contribution in [-0.4, -0.2) is 17.0 Å². The Morgan fingerprint density at radius 2 is 1.86 bits per heavy atom. The molecule has 2 aliphatic rings. The Balaban J connectivity index is 1.57. The zero-order chi connectivity index (χ0) is 14.8. The maximum atomic E-state index is 12.3. The van der Waals surface area contributed by atoms with E-state index in [0.717, 1.165) is 11.3 Å². The number of nitrogens with zero attached hydrogens (tertiary/aromatic N) is 1. The van der Waals surface area contributed by atoms with Crippen molar-refractivity contribution in [3.63, 3.8) is 0 Å². The van der Waals surface area contributed by atoms with Crippen molar-refractivity contribution in [3.8, 4) is 0 Å². The number of fused-ring (bicyclic) bond motifs is 1. The molecule has 5 nitrogen and oxygen atoms in total. The van der Waals surface area contributed by atoms with E-state index in [1.807, 2.05) is 24.3 Å². The van der Waals surface area contributed by atoms with Gasteiger partial charge in [-0.3, -0.25) is 4.79 Å². The van der Waals surface area contributed by atoms with E-state index in [0.29, 0.717) is 18.3 Å². The Hall–Kier alpha value is -2.04. The number of amidine groups is 1. The van der Waals surface area contributed by atoms with E-state index >= 15 is 0 Å². The standard InChI is InChI=1S/C16H21N3O2/c17-14(19-21)9-10-5-7-11(8-6-10)18-16(20)15-12-3-1-2-4-13(12)15/h5-8,12-13,15,21H,1-4,9H2,(H2,17,19)(H,18,20). The molecule has 5 heteroatoms. The molecular weight excluding hydrogens is 266 g/mol. The lowest BCUT2D eigenvalue weighted by molar-refractivity contribution is -0.117. The summed E-state index contributed by atoms with van der Waals surface area (Å²) >= 11 is 0. The van der Waals surface area contributed by atoms with Crippen LogP contribution in [0.25, 0.3) is 0 Å². The van der Waals surface area contributed by atoms with Crippen LogP contribution in [-0.2, 0) is 11.2 Å².